The molecule has 2 heterocycles. The summed E-state index contributed by atoms with van der Waals surface area (Å²) in [4.78, 5) is 19.4. The van der Waals surface area contributed by atoms with Crippen molar-refractivity contribution in [2.75, 3.05) is 18.0 Å². The zero-order chi connectivity index (χ0) is 21.8. The Labute approximate surface area is 187 Å². The number of pyridine rings is 1. The molecule has 3 aromatic rings. The van der Waals surface area contributed by atoms with Gasteiger partial charge in [-0.2, -0.15) is 5.26 Å². The highest BCUT2D eigenvalue weighted by molar-refractivity contribution is 6.30. The summed E-state index contributed by atoms with van der Waals surface area (Å²) in [6.07, 6.45) is 4.11. The van der Waals surface area contributed by atoms with Crippen LogP contribution in [0.5, 0.6) is 0 Å². The van der Waals surface area contributed by atoms with Crippen LogP contribution in [0.25, 0.3) is 10.9 Å². The Kier molecular flexibility index (Phi) is 6.39. The van der Waals surface area contributed by atoms with E-state index in [4.69, 9.17) is 11.6 Å². The smallest absolute Gasteiger partial charge is 0.223 e. The fourth-order valence-electron chi connectivity index (χ4n) is 4.17. The van der Waals surface area contributed by atoms with E-state index in [2.05, 4.69) is 40.3 Å². The van der Waals surface area contributed by atoms with Crippen molar-refractivity contribution in [1.29, 1.82) is 5.26 Å². The van der Waals surface area contributed by atoms with Crippen molar-refractivity contribution in [3.05, 3.63) is 70.4 Å². The van der Waals surface area contributed by atoms with Crippen LogP contribution in [-0.4, -0.2) is 24.0 Å². The first kappa shape index (κ1) is 21.1. The molecule has 1 amide bonds. The molecule has 0 bridgehead atoms. The van der Waals surface area contributed by atoms with Crippen molar-refractivity contribution < 1.29 is 4.79 Å². The number of piperidine rings is 1. The molecular formula is C25H25ClN4O. The Bertz CT molecular complexity index is 1130. The van der Waals surface area contributed by atoms with Crippen LogP contribution < -0.4 is 10.2 Å². The molecule has 5 nitrogen and oxygen atoms in total. The van der Waals surface area contributed by atoms with Gasteiger partial charge in [-0.25, -0.2) is 0 Å². The van der Waals surface area contributed by atoms with Gasteiger partial charge in [-0.15, -0.1) is 0 Å². The number of aryl methyl sites for hydroxylation is 1. The summed E-state index contributed by atoms with van der Waals surface area (Å²) in [7, 11) is 0. The van der Waals surface area contributed by atoms with E-state index in [1.165, 1.54) is 5.56 Å². The number of hydrogen-bond acceptors (Lipinski definition) is 4. The highest BCUT2D eigenvalue weighted by Crippen LogP contribution is 2.33. The predicted molar refractivity (Wildman–Crippen MR) is 124 cm³/mol. The molecule has 158 valence electrons. The van der Waals surface area contributed by atoms with Crippen molar-refractivity contribution in [1.82, 2.24) is 10.3 Å². The zero-order valence-corrected chi connectivity index (χ0v) is 18.3. The lowest BCUT2D eigenvalue weighted by molar-refractivity contribution is -0.125. The third-order valence-corrected chi connectivity index (χ3v) is 6.25. The average Bonchev–Trinajstić information content (AvgIpc) is 2.82. The van der Waals surface area contributed by atoms with Crippen LogP contribution in [-0.2, 0) is 17.8 Å². The van der Waals surface area contributed by atoms with Gasteiger partial charge in [0.2, 0.25) is 5.91 Å². The van der Waals surface area contributed by atoms with Gasteiger partial charge < -0.3 is 10.2 Å². The van der Waals surface area contributed by atoms with E-state index in [0.29, 0.717) is 17.1 Å². The van der Waals surface area contributed by atoms with E-state index in [-0.39, 0.29) is 11.8 Å². The number of carbonyl (C=O) groups is 1. The number of nitrogens with zero attached hydrogens (tertiary/aromatic N) is 3. The minimum absolute atomic E-state index is 0.0200. The maximum absolute atomic E-state index is 12.7. The van der Waals surface area contributed by atoms with Gasteiger partial charge in [-0.1, -0.05) is 36.7 Å². The number of nitriles is 1. The van der Waals surface area contributed by atoms with Crippen LogP contribution in [0.2, 0.25) is 5.02 Å². The van der Waals surface area contributed by atoms with E-state index in [1.807, 2.05) is 30.3 Å². The summed E-state index contributed by atoms with van der Waals surface area (Å²) in [5.74, 6) is 0.0661. The predicted octanol–water partition coefficient (Wildman–Crippen LogP) is 4.86. The second-order valence-electron chi connectivity index (χ2n) is 7.94. The third-order valence-electron chi connectivity index (χ3n) is 5.99. The number of benzene rings is 2. The summed E-state index contributed by atoms with van der Waals surface area (Å²) in [5, 5.41) is 14.4. The number of carbonyl (C=O) groups excluding carboxylic acids is 1. The lowest BCUT2D eigenvalue weighted by Crippen LogP contribution is -2.40. The number of fused-ring (bicyclic) bond motifs is 1. The fourth-order valence-corrected chi connectivity index (χ4v) is 4.30. The Morgan fingerprint density at radius 1 is 1.19 bits per heavy atom. The van der Waals surface area contributed by atoms with Crippen LogP contribution in [0.1, 0.15) is 36.5 Å². The zero-order valence-electron chi connectivity index (χ0n) is 17.6. The highest BCUT2D eigenvalue weighted by Gasteiger charge is 2.27. The second-order valence-corrected chi connectivity index (χ2v) is 8.38. The normalized spacial score (nSPS) is 14.4. The van der Waals surface area contributed by atoms with Crippen molar-refractivity contribution in [2.24, 2.45) is 5.92 Å². The van der Waals surface area contributed by atoms with Gasteiger partial charge in [-0.05, 0) is 54.7 Å². The highest BCUT2D eigenvalue weighted by atomic mass is 35.5. The minimum Gasteiger partial charge on any atom is -0.370 e. The Hall–Kier alpha value is -3.10. The molecule has 31 heavy (non-hydrogen) atoms. The molecule has 6 heteroatoms. The number of hydrogen-bond donors (Lipinski definition) is 1. The first-order valence-electron chi connectivity index (χ1n) is 10.7. The molecule has 0 spiro atoms. The second kappa shape index (κ2) is 9.36. The number of amides is 1. The molecule has 1 aliphatic heterocycles. The molecule has 4 rings (SSSR count). The van der Waals surface area contributed by atoms with Gasteiger partial charge in [0, 0.05) is 42.2 Å². The fraction of sp³-hybridized carbons (Fsp3) is 0.320. The summed E-state index contributed by atoms with van der Waals surface area (Å²) in [6, 6.07) is 16.1. The molecule has 0 atom stereocenters. The quantitative estimate of drug-likeness (QED) is 0.625. The van der Waals surface area contributed by atoms with Gasteiger partial charge in [0.1, 0.15) is 6.07 Å². The molecule has 1 fully saturated rings. The Balaban J connectivity index is 1.46. The SMILES string of the molecule is CCc1ccc2ncc(C#N)c(N3CCC(C(=O)NCc4ccc(Cl)cc4)CC3)c2c1. The molecule has 0 unspecified atom stereocenters. The molecule has 1 aliphatic rings. The molecule has 1 aromatic heterocycles. The molecular weight excluding hydrogens is 408 g/mol. The van der Waals surface area contributed by atoms with Crippen molar-refractivity contribution in [3.8, 4) is 6.07 Å². The Morgan fingerprint density at radius 3 is 2.58 bits per heavy atom. The van der Waals surface area contributed by atoms with Gasteiger partial charge in [0.15, 0.2) is 0 Å². The van der Waals surface area contributed by atoms with Gasteiger partial charge >= 0.3 is 0 Å². The summed E-state index contributed by atoms with van der Waals surface area (Å²) < 4.78 is 0. The monoisotopic (exact) mass is 432 g/mol. The van der Waals surface area contributed by atoms with Crippen molar-refractivity contribution >= 4 is 34.1 Å². The summed E-state index contributed by atoms with van der Waals surface area (Å²) in [6.45, 7) is 4.10. The van der Waals surface area contributed by atoms with Gasteiger partial charge in [-0.3, -0.25) is 9.78 Å². The standard InChI is InChI=1S/C25H25ClN4O/c1-2-17-5-8-23-22(13-17)24(20(14-27)16-28-23)30-11-9-19(10-12-30)25(31)29-15-18-3-6-21(26)7-4-18/h3-8,13,16,19H,2,9-12,15H2,1H3,(H,29,31). The molecule has 1 N–H and O–H groups in total. The van der Waals surface area contributed by atoms with Crippen LogP contribution in [0.3, 0.4) is 0 Å². The van der Waals surface area contributed by atoms with Crippen molar-refractivity contribution in [3.63, 3.8) is 0 Å². The van der Waals surface area contributed by atoms with Crippen LogP contribution in [0.4, 0.5) is 5.69 Å². The van der Waals surface area contributed by atoms with Crippen LogP contribution >= 0.6 is 11.6 Å². The minimum atomic E-state index is -0.0200. The average molecular weight is 433 g/mol. The van der Waals surface area contributed by atoms with E-state index >= 15 is 0 Å². The van der Waals surface area contributed by atoms with Gasteiger partial charge in [0.05, 0.1) is 16.8 Å². The van der Waals surface area contributed by atoms with Gasteiger partial charge in [0.25, 0.3) is 0 Å². The summed E-state index contributed by atoms with van der Waals surface area (Å²) >= 11 is 5.92. The Morgan fingerprint density at radius 2 is 1.90 bits per heavy atom. The third kappa shape index (κ3) is 4.65. The van der Waals surface area contributed by atoms with Crippen LogP contribution in [0, 0.1) is 17.2 Å². The lowest BCUT2D eigenvalue weighted by Gasteiger charge is -2.34. The molecule has 0 saturated carbocycles. The number of aromatic nitrogens is 1. The van der Waals surface area contributed by atoms with E-state index in [1.54, 1.807) is 6.20 Å². The van der Waals surface area contributed by atoms with E-state index in [9.17, 15) is 10.1 Å². The first-order valence-corrected chi connectivity index (χ1v) is 11.1. The molecule has 1 saturated heterocycles. The number of anilines is 1. The van der Waals surface area contributed by atoms with Crippen LogP contribution in [0.15, 0.2) is 48.7 Å². The molecule has 0 aliphatic carbocycles. The number of rotatable bonds is 5. The molecule has 2 aromatic carbocycles. The van der Waals surface area contributed by atoms with E-state index in [0.717, 1.165) is 54.5 Å². The first-order chi connectivity index (χ1) is 15.1. The van der Waals surface area contributed by atoms with Crippen molar-refractivity contribution in [2.45, 2.75) is 32.7 Å². The summed E-state index contributed by atoms with van der Waals surface area (Å²) in [5.41, 5.74) is 4.69. The largest absolute Gasteiger partial charge is 0.370 e. The molecule has 0 radical (unpaired) electrons. The lowest BCUT2D eigenvalue weighted by atomic mass is 9.94. The number of halogens is 1. The van der Waals surface area contributed by atoms with E-state index < -0.39 is 0 Å². The maximum atomic E-state index is 12.7. The topological polar surface area (TPSA) is 69.0 Å². The maximum Gasteiger partial charge on any atom is 0.223 e. The number of nitrogens with one attached hydrogen (secondary N) is 1.